The molecule has 0 aliphatic carbocycles. The molecule has 0 unspecified atom stereocenters. The summed E-state index contributed by atoms with van der Waals surface area (Å²) in [5.41, 5.74) is 0.327. The molecule has 0 aliphatic heterocycles. The van der Waals surface area contributed by atoms with E-state index in [9.17, 15) is 9.18 Å². The molecule has 0 saturated heterocycles. The number of methoxy groups -OCH3 is 1. The lowest BCUT2D eigenvalue weighted by molar-refractivity contribution is 0.170. The molecule has 1 aromatic heterocycles. The third kappa shape index (κ3) is 2.70. The minimum Gasteiger partial charge on any atom is -0.453 e. The Kier molecular flexibility index (Phi) is 3.19. The summed E-state index contributed by atoms with van der Waals surface area (Å²) in [4.78, 5) is 14.0. The van der Waals surface area contributed by atoms with Crippen molar-refractivity contribution in [2.75, 3.05) is 7.11 Å². The van der Waals surface area contributed by atoms with Crippen LogP contribution in [0.25, 0.3) is 0 Å². The smallest absolute Gasteiger partial charge is 0.407 e. The Bertz CT molecular complexity index is 304. The van der Waals surface area contributed by atoms with Crippen LogP contribution < -0.4 is 5.32 Å². The number of aromatic nitrogens is 1. The van der Waals surface area contributed by atoms with Gasteiger partial charge < -0.3 is 10.1 Å². The van der Waals surface area contributed by atoms with Crippen molar-refractivity contribution in [3.05, 3.63) is 29.8 Å². The van der Waals surface area contributed by atoms with Crippen LogP contribution in [0.2, 0.25) is 0 Å². The third-order valence-electron chi connectivity index (χ3n) is 1.44. The summed E-state index contributed by atoms with van der Waals surface area (Å²) in [6.45, 7) is 0.0757. The summed E-state index contributed by atoms with van der Waals surface area (Å²) < 4.78 is 17.2. The van der Waals surface area contributed by atoms with E-state index in [0.29, 0.717) is 5.56 Å². The van der Waals surface area contributed by atoms with Crippen molar-refractivity contribution >= 4 is 6.09 Å². The fraction of sp³-hybridized carbons (Fsp3) is 0.250. The van der Waals surface area contributed by atoms with E-state index in [0.717, 1.165) is 0 Å². The first kappa shape index (κ1) is 9.44. The van der Waals surface area contributed by atoms with E-state index in [1.165, 1.54) is 19.4 Å². The molecule has 0 fully saturated rings. The second-order valence-electron chi connectivity index (χ2n) is 2.30. The summed E-state index contributed by atoms with van der Waals surface area (Å²) >= 11 is 0. The van der Waals surface area contributed by atoms with Gasteiger partial charge in [0.15, 0.2) is 0 Å². The van der Waals surface area contributed by atoms with Gasteiger partial charge in [0.1, 0.15) is 0 Å². The third-order valence-corrected chi connectivity index (χ3v) is 1.44. The van der Waals surface area contributed by atoms with Crippen LogP contribution in [0.4, 0.5) is 9.18 Å². The van der Waals surface area contributed by atoms with Crippen molar-refractivity contribution in [1.29, 1.82) is 0 Å². The lowest BCUT2D eigenvalue weighted by Crippen LogP contribution is -2.22. The van der Waals surface area contributed by atoms with E-state index >= 15 is 0 Å². The number of alkyl carbamates (subject to hydrolysis) is 1. The number of rotatable bonds is 2. The molecule has 0 atom stereocenters. The van der Waals surface area contributed by atoms with Crippen LogP contribution >= 0.6 is 0 Å². The van der Waals surface area contributed by atoms with Crippen molar-refractivity contribution in [3.8, 4) is 0 Å². The van der Waals surface area contributed by atoms with Gasteiger partial charge in [-0.05, 0) is 6.07 Å². The maximum Gasteiger partial charge on any atom is 0.407 e. The molecule has 0 aromatic carbocycles. The predicted octanol–water partition coefficient (Wildman–Crippen LogP) is 1.08. The van der Waals surface area contributed by atoms with Crippen LogP contribution in [-0.2, 0) is 11.3 Å². The number of hydrogen-bond acceptors (Lipinski definition) is 3. The largest absolute Gasteiger partial charge is 0.453 e. The SMILES string of the molecule is COC(=O)NCc1cccnc1F. The van der Waals surface area contributed by atoms with Crippen LogP contribution in [0.15, 0.2) is 18.3 Å². The van der Waals surface area contributed by atoms with Crippen LogP contribution in [0.3, 0.4) is 0 Å². The number of ether oxygens (including phenoxy) is 1. The number of carbonyl (C=O) groups is 1. The molecule has 0 spiro atoms. The summed E-state index contributed by atoms with van der Waals surface area (Å²) in [5, 5.41) is 2.35. The molecule has 1 amide bonds. The van der Waals surface area contributed by atoms with Gasteiger partial charge in [0.05, 0.1) is 13.7 Å². The van der Waals surface area contributed by atoms with E-state index < -0.39 is 12.0 Å². The van der Waals surface area contributed by atoms with Crippen molar-refractivity contribution < 1.29 is 13.9 Å². The highest BCUT2D eigenvalue weighted by Gasteiger charge is 2.03. The van der Waals surface area contributed by atoms with Gasteiger partial charge in [-0.1, -0.05) is 6.07 Å². The first-order valence-corrected chi connectivity index (χ1v) is 3.65. The van der Waals surface area contributed by atoms with Crippen molar-refractivity contribution in [2.45, 2.75) is 6.54 Å². The molecule has 1 rings (SSSR count). The molecule has 1 N–H and O–H groups in total. The number of nitrogens with zero attached hydrogens (tertiary/aromatic N) is 1. The zero-order chi connectivity index (χ0) is 9.68. The van der Waals surface area contributed by atoms with Gasteiger partial charge in [0.2, 0.25) is 5.95 Å². The van der Waals surface area contributed by atoms with Crippen molar-refractivity contribution in [3.63, 3.8) is 0 Å². The van der Waals surface area contributed by atoms with Gasteiger partial charge in [0, 0.05) is 11.8 Å². The van der Waals surface area contributed by atoms with Gasteiger partial charge in [-0.15, -0.1) is 0 Å². The Labute approximate surface area is 74.7 Å². The molecular weight excluding hydrogens is 175 g/mol. The van der Waals surface area contributed by atoms with E-state index in [-0.39, 0.29) is 6.54 Å². The summed E-state index contributed by atoms with van der Waals surface area (Å²) in [6.07, 6.45) is 0.750. The number of halogens is 1. The maximum absolute atomic E-state index is 12.8. The molecule has 70 valence electrons. The average molecular weight is 184 g/mol. The minimum atomic E-state index is -0.594. The van der Waals surface area contributed by atoms with E-state index in [4.69, 9.17) is 0 Å². The number of amides is 1. The van der Waals surface area contributed by atoms with Crippen LogP contribution in [0.5, 0.6) is 0 Å². The van der Waals surface area contributed by atoms with E-state index in [1.54, 1.807) is 6.07 Å². The Morgan fingerprint density at radius 1 is 1.77 bits per heavy atom. The molecule has 4 nitrogen and oxygen atoms in total. The van der Waals surface area contributed by atoms with Gasteiger partial charge in [-0.25, -0.2) is 9.78 Å². The average Bonchev–Trinajstić information content (AvgIpc) is 2.16. The molecule has 0 saturated carbocycles. The van der Waals surface area contributed by atoms with Gasteiger partial charge in [-0.3, -0.25) is 0 Å². The Morgan fingerprint density at radius 2 is 2.54 bits per heavy atom. The lowest BCUT2D eigenvalue weighted by Gasteiger charge is -2.03. The van der Waals surface area contributed by atoms with Crippen molar-refractivity contribution in [2.24, 2.45) is 0 Å². The molecule has 1 aromatic rings. The number of nitrogens with one attached hydrogen (secondary N) is 1. The quantitative estimate of drug-likeness (QED) is 0.699. The molecule has 13 heavy (non-hydrogen) atoms. The number of carbonyl (C=O) groups excluding carboxylic acids is 1. The normalized spacial score (nSPS) is 9.38. The molecule has 0 aliphatic rings. The molecule has 0 radical (unpaired) electrons. The Morgan fingerprint density at radius 3 is 3.15 bits per heavy atom. The topological polar surface area (TPSA) is 51.2 Å². The van der Waals surface area contributed by atoms with Gasteiger partial charge >= 0.3 is 6.09 Å². The minimum absolute atomic E-state index is 0.0757. The van der Waals surface area contributed by atoms with E-state index in [2.05, 4.69) is 15.0 Å². The highest BCUT2D eigenvalue weighted by atomic mass is 19.1. The second-order valence-corrected chi connectivity index (χ2v) is 2.30. The fourth-order valence-electron chi connectivity index (χ4n) is 0.791. The first-order chi connectivity index (χ1) is 6.24. The number of hydrogen-bond donors (Lipinski definition) is 1. The summed E-state index contributed by atoms with van der Waals surface area (Å²) in [7, 11) is 1.24. The molecular formula is C8H9FN2O2. The van der Waals surface area contributed by atoms with E-state index in [1.807, 2.05) is 0 Å². The Balaban J connectivity index is 2.54. The fourth-order valence-corrected chi connectivity index (χ4v) is 0.791. The van der Waals surface area contributed by atoms with Gasteiger partial charge in [-0.2, -0.15) is 4.39 Å². The standard InChI is InChI=1S/C8H9FN2O2/c1-13-8(12)11-5-6-3-2-4-10-7(6)9/h2-4H,5H2,1H3,(H,11,12). The zero-order valence-electron chi connectivity index (χ0n) is 7.08. The van der Waals surface area contributed by atoms with Crippen LogP contribution in [0, 0.1) is 5.95 Å². The molecule has 5 heteroatoms. The predicted molar refractivity (Wildman–Crippen MR) is 43.4 cm³/mol. The van der Waals surface area contributed by atoms with Gasteiger partial charge in [0.25, 0.3) is 0 Å². The number of pyridine rings is 1. The molecule has 1 heterocycles. The molecule has 0 bridgehead atoms. The monoisotopic (exact) mass is 184 g/mol. The first-order valence-electron chi connectivity index (χ1n) is 3.65. The zero-order valence-corrected chi connectivity index (χ0v) is 7.08. The van der Waals surface area contributed by atoms with Crippen molar-refractivity contribution in [1.82, 2.24) is 10.3 Å². The van der Waals surface area contributed by atoms with Crippen LogP contribution in [-0.4, -0.2) is 18.2 Å². The summed E-state index contributed by atoms with van der Waals surface area (Å²) in [5.74, 6) is -0.584. The Hall–Kier alpha value is -1.65. The highest BCUT2D eigenvalue weighted by molar-refractivity contribution is 5.66. The highest BCUT2D eigenvalue weighted by Crippen LogP contribution is 2.01. The van der Waals surface area contributed by atoms with Crippen LogP contribution in [0.1, 0.15) is 5.56 Å². The summed E-state index contributed by atoms with van der Waals surface area (Å²) in [6, 6.07) is 3.13. The second kappa shape index (κ2) is 4.39. The lowest BCUT2D eigenvalue weighted by atomic mass is 10.3. The maximum atomic E-state index is 12.8.